The average molecular weight is 503 g/mol. The fraction of sp³-hybridized carbons (Fsp3) is 0.161. The number of hydrogen-bond donors (Lipinski definition) is 3. The van der Waals surface area contributed by atoms with Crippen LogP contribution in [0.3, 0.4) is 0 Å². The van der Waals surface area contributed by atoms with Gasteiger partial charge in [0, 0.05) is 18.2 Å². The lowest BCUT2D eigenvalue weighted by atomic mass is 9.88. The van der Waals surface area contributed by atoms with Gasteiger partial charge < -0.3 is 14.9 Å². The minimum Gasteiger partial charge on any atom is -0.394 e. The Morgan fingerprint density at radius 1 is 0.842 bits per heavy atom. The fourth-order valence-corrected chi connectivity index (χ4v) is 5.73. The van der Waals surface area contributed by atoms with E-state index in [-0.39, 0.29) is 18.6 Å². The fourth-order valence-electron chi connectivity index (χ4n) is 5.73. The predicted molar refractivity (Wildman–Crippen MR) is 147 cm³/mol. The van der Waals surface area contributed by atoms with Crippen LogP contribution >= 0.6 is 0 Å². The Labute approximate surface area is 215 Å². The van der Waals surface area contributed by atoms with Crippen molar-refractivity contribution in [2.45, 2.75) is 24.9 Å². The molecule has 0 bridgehead atoms. The Morgan fingerprint density at radius 3 is 2.18 bits per heavy atom. The van der Waals surface area contributed by atoms with E-state index in [1.165, 1.54) is 32.3 Å². The molecule has 0 aliphatic carbocycles. The van der Waals surface area contributed by atoms with Crippen molar-refractivity contribution in [3.63, 3.8) is 0 Å². The Balaban J connectivity index is 1.39. The van der Waals surface area contributed by atoms with Crippen molar-refractivity contribution < 1.29 is 14.9 Å². The number of aromatic amines is 1. The SMILES string of the molecule is O=c1[nH]c(=O)n([C@@H]2CC(O)[C@H](CO)O2)cc1C#Cc1ccc2c3cccc4cccc(c5cccc1c52)c43. The predicted octanol–water partition coefficient (Wildman–Crippen LogP) is 3.63. The first-order valence-corrected chi connectivity index (χ1v) is 12.4. The second-order valence-electron chi connectivity index (χ2n) is 9.67. The summed E-state index contributed by atoms with van der Waals surface area (Å²) in [6, 6.07) is 22.9. The molecule has 186 valence electrons. The third kappa shape index (κ3) is 3.36. The van der Waals surface area contributed by atoms with Crippen LogP contribution in [0.15, 0.2) is 82.5 Å². The molecule has 7 nitrogen and oxygen atoms in total. The number of nitrogens with one attached hydrogen (secondary N) is 1. The van der Waals surface area contributed by atoms with Crippen LogP contribution < -0.4 is 11.2 Å². The molecule has 1 aliphatic rings. The number of fused-ring (bicyclic) bond motifs is 2. The quantitative estimate of drug-likeness (QED) is 0.191. The molecule has 0 amide bonds. The number of aromatic nitrogens is 2. The number of aliphatic hydroxyl groups is 2. The van der Waals surface area contributed by atoms with Crippen LogP contribution in [0.5, 0.6) is 0 Å². The normalized spacial score (nSPS) is 19.5. The molecular weight excluding hydrogens is 480 g/mol. The van der Waals surface area contributed by atoms with Gasteiger partial charge in [-0.15, -0.1) is 0 Å². The molecule has 1 fully saturated rings. The summed E-state index contributed by atoms with van der Waals surface area (Å²) in [5.41, 5.74) is -0.391. The molecule has 3 N–H and O–H groups in total. The number of aliphatic hydroxyl groups excluding tert-OH is 2. The van der Waals surface area contributed by atoms with Gasteiger partial charge in [-0.1, -0.05) is 72.5 Å². The molecule has 38 heavy (non-hydrogen) atoms. The van der Waals surface area contributed by atoms with Gasteiger partial charge >= 0.3 is 5.69 Å². The van der Waals surface area contributed by atoms with E-state index in [4.69, 9.17) is 4.74 Å². The highest BCUT2D eigenvalue weighted by Gasteiger charge is 2.35. The van der Waals surface area contributed by atoms with E-state index >= 15 is 0 Å². The summed E-state index contributed by atoms with van der Waals surface area (Å²) in [7, 11) is 0. The van der Waals surface area contributed by atoms with Gasteiger partial charge in [0.25, 0.3) is 5.56 Å². The number of hydrogen-bond acceptors (Lipinski definition) is 5. The lowest BCUT2D eigenvalue weighted by molar-refractivity contribution is -0.0459. The summed E-state index contributed by atoms with van der Waals surface area (Å²) < 4.78 is 6.80. The third-order valence-electron chi connectivity index (χ3n) is 7.52. The van der Waals surface area contributed by atoms with E-state index in [1.54, 1.807) is 0 Å². The highest BCUT2D eigenvalue weighted by molar-refractivity contribution is 6.33. The summed E-state index contributed by atoms with van der Waals surface area (Å²) in [5, 5.41) is 28.6. The van der Waals surface area contributed by atoms with Gasteiger partial charge in [-0.05, 0) is 49.2 Å². The molecule has 0 radical (unpaired) electrons. The van der Waals surface area contributed by atoms with Gasteiger partial charge in [-0.3, -0.25) is 14.3 Å². The standard InChI is InChI=1S/C31H22N2O5/c34-16-26-25(35)14-27(38-26)33-15-19(30(36)32-31(33)37)11-10-17-12-13-24-22-8-2-5-18-4-1-7-21(28(18)22)23-9-3-6-20(17)29(23)24/h1-9,12-13,15,25-27,34-35H,14,16H2,(H,32,36,37)/t25?,26-,27-/m0/s1. The molecule has 0 spiro atoms. The van der Waals surface area contributed by atoms with Crippen LogP contribution in [0.1, 0.15) is 23.8 Å². The summed E-state index contributed by atoms with van der Waals surface area (Å²) in [6.07, 6.45) is -1.04. The summed E-state index contributed by atoms with van der Waals surface area (Å²) in [6.45, 7) is -0.369. The second kappa shape index (κ2) is 8.54. The van der Waals surface area contributed by atoms with Gasteiger partial charge in [0.05, 0.1) is 12.7 Å². The van der Waals surface area contributed by atoms with E-state index < -0.39 is 29.7 Å². The average Bonchev–Trinajstić information content (AvgIpc) is 3.31. The largest absolute Gasteiger partial charge is 0.394 e. The van der Waals surface area contributed by atoms with E-state index in [1.807, 2.05) is 18.2 Å². The molecule has 0 saturated carbocycles. The maximum Gasteiger partial charge on any atom is 0.330 e. The summed E-state index contributed by atoms with van der Waals surface area (Å²) >= 11 is 0. The Bertz CT molecular complexity index is 2010. The van der Waals surface area contributed by atoms with Crippen molar-refractivity contribution in [1.29, 1.82) is 0 Å². The highest BCUT2D eigenvalue weighted by atomic mass is 16.5. The van der Waals surface area contributed by atoms with Crippen LogP contribution in [0.4, 0.5) is 0 Å². The molecule has 7 heteroatoms. The number of ether oxygens (including phenoxy) is 1. The molecular formula is C31H22N2O5. The zero-order chi connectivity index (χ0) is 26.0. The van der Waals surface area contributed by atoms with Crippen molar-refractivity contribution in [1.82, 2.24) is 9.55 Å². The van der Waals surface area contributed by atoms with Gasteiger partial charge in [-0.25, -0.2) is 4.79 Å². The van der Waals surface area contributed by atoms with E-state index in [0.717, 1.165) is 27.1 Å². The van der Waals surface area contributed by atoms with E-state index in [9.17, 15) is 19.8 Å². The highest BCUT2D eigenvalue weighted by Crippen LogP contribution is 2.40. The second-order valence-corrected chi connectivity index (χ2v) is 9.67. The maximum absolute atomic E-state index is 12.6. The Kier molecular flexibility index (Phi) is 5.10. The summed E-state index contributed by atoms with van der Waals surface area (Å²) in [4.78, 5) is 27.3. The molecule has 3 atom stereocenters. The number of benzene rings is 5. The Morgan fingerprint density at radius 2 is 1.47 bits per heavy atom. The first-order chi connectivity index (χ1) is 18.5. The summed E-state index contributed by atoms with van der Waals surface area (Å²) in [5.74, 6) is 6.09. The van der Waals surface area contributed by atoms with Crippen LogP contribution in [0.2, 0.25) is 0 Å². The Hall–Kier alpha value is -4.48. The smallest absolute Gasteiger partial charge is 0.330 e. The molecule has 5 aromatic carbocycles. The van der Waals surface area contributed by atoms with Crippen molar-refractivity contribution in [3.05, 3.63) is 105 Å². The molecule has 1 aromatic heterocycles. The van der Waals surface area contributed by atoms with Gasteiger partial charge in [0.2, 0.25) is 0 Å². The zero-order valence-corrected chi connectivity index (χ0v) is 20.1. The van der Waals surface area contributed by atoms with Gasteiger partial charge in [0.1, 0.15) is 17.9 Å². The number of nitrogens with zero attached hydrogens (tertiary/aromatic N) is 1. The van der Waals surface area contributed by atoms with Crippen molar-refractivity contribution in [2.24, 2.45) is 0 Å². The van der Waals surface area contributed by atoms with Gasteiger partial charge in [-0.2, -0.15) is 0 Å². The van der Waals surface area contributed by atoms with Crippen molar-refractivity contribution in [2.75, 3.05) is 6.61 Å². The van der Waals surface area contributed by atoms with Gasteiger partial charge in [0.15, 0.2) is 0 Å². The monoisotopic (exact) mass is 502 g/mol. The molecule has 6 aromatic rings. The minimum absolute atomic E-state index is 0.103. The van der Waals surface area contributed by atoms with Crippen molar-refractivity contribution in [3.8, 4) is 11.8 Å². The lowest BCUT2D eigenvalue weighted by Crippen LogP contribution is -2.33. The number of H-pyrrole nitrogens is 1. The molecule has 1 unspecified atom stereocenters. The van der Waals surface area contributed by atoms with Crippen molar-refractivity contribution >= 4 is 43.1 Å². The third-order valence-corrected chi connectivity index (χ3v) is 7.52. The lowest BCUT2D eigenvalue weighted by Gasteiger charge is -2.15. The molecule has 1 saturated heterocycles. The van der Waals surface area contributed by atoms with Crippen LogP contribution in [-0.2, 0) is 4.74 Å². The zero-order valence-electron chi connectivity index (χ0n) is 20.1. The first-order valence-electron chi connectivity index (χ1n) is 12.4. The van der Waals surface area contributed by atoms with E-state index in [2.05, 4.69) is 65.4 Å². The van der Waals surface area contributed by atoms with Crippen LogP contribution in [-0.4, -0.2) is 38.6 Å². The topological polar surface area (TPSA) is 105 Å². The molecule has 7 rings (SSSR count). The van der Waals surface area contributed by atoms with Crippen LogP contribution in [0.25, 0.3) is 43.1 Å². The van der Waals surface area contributed by atoms with Crippen LogP contribution in [0, 0.1) is 11.8 Å². The molecule has 2 heterocycles. The first kappa shape index (κ1) is 22.7. The van der Waals surface area contributed by atoms with E-state index in [0.29, 0.717) is 0 Å². The number of rotatable bonds is 2. The molecule has 1 aliphatic heterocycles. The maximum atomic E-state index is 12.6. The minimum atomic E-state index is -0.910.